The first-order valence-corrected chi connectivity index (χ1v) is 5.51. The van der Waals surface area contributed by atoms with Gasteiger partial charge < -0.3 is 16.6 Å². The second-order valence-corrected chi connectivity index (χ2v) is 5.21. The average molecular weight is 228 g/mol. The van der Waals surface area contributed by atoms with Gasteiger partial charge in [-0.2, -0.15) is 0 Å². The average Bonchev–Trinajstić information content (AvgIpc) is 2.60. The summed E-state index contributed by atoms with van der Waals surface area (Å²) in [4.78, 5) is 21.8. The number of rotatable bonds is 2. The zero-order valence-corrected chi connectivity index (χ0v) is 8.84. The van der Waals surface area contributed by atoms with Gasteiger partial charge in [-0.3, -0.25) is 9.59 Å². The standard InChI is InChI=1S/C9H12N2O3S/c10-8(14)9(11)6(7(12)13)4-2-1-3-5(4)15-9/h6H,1-3,11H2,(H2,10,14)(H,12,13)/t6-,9-/m0/s1. The number of carbonyl (C=O) groups is 2. The molecule has 2 rings (SSSR count). The Morgan fingerprint density at radius 2 is 2.13 bits per heavy atom. The van der Waals surface area contributed by atoms with Crippen molar-refractivity contribution in [3.05, 3.63) is 10.5 Å². The lowest BCUT2D eigenvalue weighted by atomic mass is 9.90. The fraction of sp³-hybridized carbons (Fsp3) is 0.556. The fourth-order valence-corrected chi connectivity index (χ4v) is 3.67. The molecular weight excluding hydrogens is 216 g/mol. The third-order valence-electron chi connectivity index (χ3n) is 2.91. The summed E-state index contributed by atoms with van der Waals surface area (Å²) in [5, 5.41) is 9.11. The number of allylic oxidation sites excluding steroid dienone is 1. The molecule has 1 aliphatic heterocycles. The monoisotopic (exact) mass is 228 g/mol. The molecule has 15 heavy (non-hydrogen) atoms. The lowest BCUT2D eigenvalue weighted by Gasteiger charge is -2.26. The van der Waals surface area contributed by atoms with Gasteiger partial charge in [0.25, 0.3) is 0 Å². The normalized spacial score (nSPS) is 34.3. The van der Waals surface area contributed by atoms with Crippen molar-refractivity contribution >= 4 is 23.6 Å². The van der Waals surface area contributed by atoms with Crippen LogP contribution in [0.4, 0.5) is 0 Å². The van der Waals surface area contributed by atoms with E-state index in [4.69, 9.17) is 16.6 Å². The van der Waals surface area contributed by atoms with E-state index in [9.17, 15) is 9.59 Å². The maximum absolute atomic E-state index is 11.3. The van der Waals surface area contributed by atoms with E-state index < -0.39 is 22.7 Å². The molecule has 0 saturated carbocycles. The van der Waals surface area contributed by atoms with Crippen LogP contribution in [0.3, 0.4) is 0 Å². The second-order valence-electron chi connectivity index (χ2n) is 3.83. The van der Waals surface area contributed by atoms with Crippen LogP contribution in [0.15, 0.2) is 10.5 Å². The molecule has 2 atom stereocenters. The van der Waals surface area contributed by atoms with Gasteiger partial charge in [0.2, 0.25) is 5.91 Å². The van der Waals surface area contributed by atoms with Crippen LogP contribution in [0.2, 0.25) is 0 Å². The van der Waals surface area contributed by atoms with Crippen LogP contribution in [0.5, 0.6) is 0 Å². The van der Waals surface area contributed by atoms with E-state index in [0.717, 1.165) is 35.1 Å². The highest BCUT2D eigenvalue weighted by molar-refractivity contribution is 8.05. The van der Waals surface area contributed by atoms with Crippen LogP contribution >= 0.6 is 11.8 Å². The SMILES string of the molecule is NC(=O)[C@@]1(N)SC2=C(CCC2)[C@H]1C(=O)O. The van der Waals surface area contributed by atoms with Crippen LogP contribution in [-0.2, 0) is 9.59 Å². The molecule has 5 N–H and O–H groups in total. The predicted octanol–water partition coefficient (Wildman–Crippen LogP) is 0.0123. The van der Waals surface area contributed by atoms with Gasteiger partial charge >= 0.3 is 5.97 Å². The Bertz CT molecular complexity index is 380. The van der Waals surface area contributed by atoms with Crippen LogP contribution in [0.1, 0.15) is 19.3 Å². The number of nitrogens with two attached hydrogens (primary N) is 2. The highest BCUT2D eigenvalue weighted by atomic mass is 32.2. The number of amides is 1. The largest absolute Gasteiger partial charge is 0.481 e. The van der Waals surface area contributed by atoms with Crippen molar-refractivity contribution in [1.82, 2.24) is 0 Å². The third kappa shape index (κ3) is 1.36. The van der Waals surface area contributed by atoms with E-state index in [2.05, 4.69) is 0 Å². The summed E-state index contributed by atoms with van der Waals surface area (Å²) in [6, 6.07) is 0. The number of hydrogen-bond donors (Lipinski definition) is 3. The number of carbonyl (C=O) groups excluding carboxylic acids is 1. The van der Waals surface area contributed by atoms with E-state index in [1.54, 1.807) is 0 Å². The van der Waals surface area contributed by atoms with Gasteiger partial charge in [-0.25, -0.2) is 0 Å². The van der Waals surface area contributed by atoms with E-state index in [0.29, 0.717) is 6.42 Å². The topological polar surface area (TPSA) is 106 Å². The van der Waals surface area contributed by atoms with Crippen molar-refractivity contribution < 1.29 is 14.7 Å². The zero-order chi connectivity index (χ0) is 11.2. The molecule has 2 aliphatic rings. The Balaban J connectivity index is 2.41. The molecule has 1 aliphatic carbocycles. The maximum atomic E-state index is 11.3. The minimum atomic E-state index is -1.49. The third-order valence-corrected chi connectivity index (χ3v) is 4.40. The van der Waals surface area contributed by atoms with Crippen molar-refractivity contribution in [2.24, 2.45) is 17.4 Å². The van der Waals surface area contributed by atoms with Gasteiger partial charge in [-0.1, -0.05) is 11.8 Å². The molecule has 1 heterocycles. The number of aliphatic carboxylic acids is 1. The summed E-state index contributed by atoms with van der Waals surface area (Å²) in [6.45, 7) is 0. The van der Waals surface area contributed by atoms with Gasteiger partial charge in [0.1, 0.15) is 5.92 Å². The molecule has 0 unspecified atom stereocenters. The van der Waals surface area contributed by atoms with Crippen LogP contribution < -0.4 is 11.5 Å². The van der Waals surface area contributed by atoms with Crippen molar-refractivity contribution in [2.75, 3.05) is 0 Å². The summed E-state index contributed by atoms with van der Waals surface area (Å²) in [7, 11) is 0. The minimum Gasteiger partial charge on any atom is -0.481 e. The van der Waals surface area contributed by atoms with Gasteiger partial charge in [0.15, 0.2) is 4.87 Å². The zero-order valence-electron chi connectivity index (χ0n) is 8.03. The first-order valence-electron chi connectivity index (χ1n) is 4.69. The number of primary amides is 1. The van der Waals surface area contributed by atoms with Crippen molar-refractivity contribution in [1.29, 1.82) is 0 Å². The second kappa shape index (κ2) is 3.24. The number of hydrogen-bond acceptors (Lipinski definition) is 4. The first kappa shape index (κ1) is 10.5. The predicted molar refractivity (Wildman–Crippen MR) is 55.7 cm³/mol. The Labute approximate surface area is 90.9 Å². The Kier molecular flexibility index (Phi) is 2.27. The number of carboxylic acid groups (broad SMARTS) is 1. The summed E-state index contributed by atoms with van der Waals surface area (Å²) >= 11 is 1.13. The molecule has 5 nitrogen and oxygen atoms in total. The Morgan fingerprint density at radius 1 is 1.47 bits per heavy atom. The molecule has 0 fully saturated rings. The fourth-order valence-electron chi connectivity index (χ4n) is 2.21. The quantitative estimate of drug-likeness (QED) is 0.617. The lowest BCUT2D eigenvalue weighted by molar-refractivity contribution is -0.143. The van der Waals surface area contributed by atoms with E-state index in [1.165, 1.54) is 0 Å². The molecule has 0 bridgehead atoms. The Morgan fingerprint density at radius 3 is 2.67 bits per heavy atom. The lowest BCUT2D eigenvalue weighted by Crippen LogP contribution is -2.55. The van der Waals surface area contributed by atoms with Crippen LogP contribution in [-0.4, -0.2) is 21.9 Å². The van der Waals surface area contributed by atoms with E-state index >= 15 is 0 Å². The first-order chi connectivity index (χ1) is 6.97. The van der Waals surface area contributed by atoms with Gasteiger partial charge in [0, 0.05) is 0 Å². The maximum Gasteiger partial charge on any atom is 0.314 e. The molecule has 82 valence electrons. The van der Waals surface area contributed by atoms with E-state index in [1.807, 2.05) is 0 Å². The highest BCUT2D eigenvalue weighted by Crippen LogP contribution is 2.53. The Hall–Kier alpha value is -1.01. The van der Waals surface area contributed by atoms with Crippen molar-refractivity contribution in [3.63, 3.8) is 0 Å². The summed E-state index contributed by atoms with van der Waals surface area (Å²) in [5.74, 6) is -2.76. The van der Waals surface area contributed by atoms with Crippen molar-refractivity contribution in [2.45, 2.75) is 24.1 Å². The molecule has 0 saturated heterocycles. The van der Waals surface area contributed by atoms with Gasteiger partial charge in [0.05, 0.1) is 0 Å². The molecule has 6 heteroatoms. The highest BCUT2D eigenvalue weighted by Gasteiger charge is 2.54. The van der Waals surface area contributed by atoms with Crippen LogP contribution in [0, 0.1) is 5.92 Å². The molecular formula is C9H12N2O3S. The molecule has 0 aromatic rings. The summed E-state index contributed by atoms with van der Waals surface area (Å²) in [6.07, 6.45) is 2.47. The van der Waals surface area contributed by atoms with Crippen LogP contribution in [0.25, 0.3) is 0 Å². The molecule has 0 spiro atoms. The number of carboxylic acids is 1. The molecule has 0 radical (unpaired) electrons. The van der Waals surface area contributed by atoms with Gasteiger partial charge in [-0.15, -0.1) is 0 Å². The summed E-state index contributed by atoms with van der Waals surface area (Å²) in [5.41, 5.74) is 11.8. The molecule has 0 aromatic heterocycles. The minimum absolute atomic E-state index is 0.714. The summed E-state index contributed by atoms with van der Waals surface area (Å²) < 4.78 is 0. The number of thioether (sulfide) groups is 1. The van der Waals surface area contributed by atoms with Gasteiger partial charge in [-0.05, 0) is 29.7 Å². The van der Waals surface area contributed by atoms with Crippen molar-refractivity contribution in [3.8, 4) is 0 Å². The molecule has 1 amide bonds. The van der Waals surface area contributed by atoms with E-state index in [-0.39, 0.29) is 0 Å². The smallest absolute Gasteiger partial charge is 0.314 e. The molecule has 0 aromatic carbocycles.